The van der Waals surface area contributed by atoms with E-state index >= 15 is 0 Å². The van der Waals surface area contributed by atoms with E-state index in [2.05, 4.69) is 31.3 Å². The second kappa shape index (κ2) is 9.06. The summed E-state index contributed by atoms with van der Waals surface area (Å²) in [5.41, 5.74) is 0.896. The van der Waals surface area contributed by atoms with E-state index in [0.29, 0.717) is 24.6 Å². The Morgan fingerprint density at radius 3 is 2.90 bits per heavy atom. The van der Waals surface area contributed by atoms with Crippen LogP contribution in [0.15, 0.2) is 30.4 Å². The van der Waals surface area contributed by atoms with Gasteiger partial charge < -0.3 is 15.2 Å². The molecule has 4 nitrogen and oxygen atoms in total. The number of carbonyl (C=O) groups excluding carboxylic acids is 1. The molecule has 1 atom stereocenters. The summed E-state index contributed by atoms with van der Waals surface area (Å²) in [5.74, 6) is 1.11. The number of hydrogen-bond donors (Lipinski definition) is 2. The molecule has 1 aromatic rings. The first kappa shape index (κ1) is 17.1. The number of ether oxygens (including phenoxy) is 1. The number of aromatic hydroxyl groups is 1. The van der Waals surface area contributed by atoms with E-state index in [1.165, 1.54) is 7.11 Å². The Kier molecular flexibility index (Phi) is 7.37. The Morgan fingerprint density at radius 2 is 2.24 bits per heavy atom. The quantitative estimate of drug-likeness (QED) is 0.722. The summed E-state index contributed by atoms with van der Waals surface area (Å²) in [5, 5.41) is 12.4. The van der Waals surface area contributed by atoms with Gasteiger partial charge in [0.05, 0.1) is 7.11 Å². The highest BCUT2D eigenvalue weighted by Crippen LogP contribution is 2.26. The maximum absolute atomic E-state index is 11.7. The summed E-state index contributed by atoms with van der Waals surface area (Å²) in [7, 11) is 1.50. The van der Waals surface area contributed by atoms with Gasteiger partial charge in [-0.15, -0.1) is 0 Å². The predicted molar refractivity (Wildman–Crippen MR) is 84.3 cm³/mol. The number of rotatable bonds is 8. The molecular weight excluding hydrogens is 266 g/mol. The fourth-order valence-corrected chi connectivity index (χ4v) is 1.80. The molecule has 116 valence electrons. The second-order valence-electron chi connectivity index (χ2n) is 5.14. The number of hydrogen-bond acceptors (Lipinski definition) is 3. The van der Waals surface area contributed by atoms with Gasteiger partial charge in [0.2, 0.25) is 5.91 Å². The van der Waals surface area contributed by atoms with E-state index in [1.54, 1.807) is 18.2 Å². The van der Waals surface area contributed by atoms with E-state index in [9.17, 15) is 9.90 Å². The number of phenols is 1. The molecule has 4 heteroatoms. The maximum atomic E-state index is 11.7. The first-order chi connectivity index (χ1) is 10.1. The topological polar surface area (TPSA) is 58.6 Å². The standard InChI is InChI=1S/C17H25NO3/c1-4-13(2)7-5-6-8-17(20)18-12-14-9-10-15(19)16(11-14)21-3/h5,7,9-11,13,19H,4,6,8,12H2,1-3H3,(H,18,20)/b7-5+. The molecule has 2 N–H and O–H groups in total. The molecule has 0 heterocycles. The van der Waals surface area contributed by atoms with Gasteiger partial charge in [0, 0.05) is 13.0 Å². The lowest BCUT2D eigenvalue weighted by Gasteiger charge is -2.08. The van der Waals surface area contributed by atoms with E-state index in [0.717, 1.165) is 18.4 Å². The molecule has 0 aliphatic rings. The molecule has 0 aliphatic heterocycles. The van der Waals surface area contributed by atoms with Gasteiger partial charge in [-0.05, 0) is 30.0 Å². The van der Waals surface area contributed by atoms with E-state index in [4.69, 9.17) is 4.74 Å². The van der Waals surface area contributed by atoms with Crippen molar-refractivity contribution in [3.63, 3.8) is 0 Å². The normalized spacial score (nSPS) is 12.3. The molecule has 21 heavy (non-hydrogen) atoms. The summed E-state index contributed by atoms with van der Waals surface area (Å²) in [6.07, 6.45) is 6.58. The summed E-state index contributed by atoms with van der Waals surface area (Å²) in [4.78, 5) is 11.7. The molecule has 0 saturated heterocycles. The van der Waals surface area contributed by atoms with Crippen molar-refractivity contribution in [2.75, 3.05) is 7.11 Å². The van der Waals surface area contributed by atoms with Crippen LogP contribution in [0, 0.1) is 5.92 Å². The molecule has 0 bridgehead atoms. The fraction of sp³-hybridized carbons (Fsp3) is 0.471. The lowest BCUT2D eigenvalue weighted by molar-refractivity contribution is -0.121. The van der Waals surface area contributed by atoms with Crippen molar-refractivity contribution in [1.82, 2.24) is 5.32 Å². The van der Waals surface area contributed by atoms with Crippen LogP contribution in [0.5, 0.6) is 11.5 Å². The van der Waals surface area contributed by atoms with Gasteiger partial charge in [-0.2, -0.15) is 0 Å². The van der Waals surface area contributed by atoms with Crippen molar-refractivity contribution in [3.05, 3.63) is 35.9 Å². The predicted octanol–water partition coefficient (Wildman–Crippen LogP) is 3.40. The van der Waals surface area contributed by atoms with Crippen LogP contribution in [0.25, 0.3) is 0 Å². The highest BCUT2D eigenvalue weighted by molar-refractivity contribution is 5.76. The van der Waals surface area contributed by atoms with Crippen LogP contribution < -0.4 is 10.1 Å². The van der Waals surface area contributed by atoms with E-state index in [-0.39, 0.29) is 11.7 Å². The zero-order valence-corrected chi connectivity index (χ0v) is 13.1. The Balaban J connectivity index is 2.34. The average Bonchev–Trinajstić information content (AvgIpc) is 2.50. The lowest BCUT2D eigenvalue weighted by Crippen LogP contribution is -2.22. The van der Waals surface area contributed by atoms with Gasteiger partial charge in [-0.3, -0.25) is 4.79 Å². The van der Waals surface area contributed by atoms with Crippen molar-refractivity contribution < 1.29 is 14.6 Å². The number of allylic oxidation sites excluding steroid dienone is 2. The second-order valence-corrected chi connectivity index (χ2v) is 5.14. The largest absolute Gasteiger partial charge is 0.504 e. The molecule has 0 spiro atoms. The molecule has 1 rings (SSSR count). The molecule has 0 fully saturated rings. The van der Waals surface area contributed by atoms with Gasteiger partial charge in [-0.25, -0.2) is 0 Å². The van der Waals surface area contributed by atoms with E-state index in [1.807, 2.05) is 0 Å². The molecule has 1 aromatic carbocycles. The Morgan fingerprint density at radius 1 is 1.48 bits per heavy atom. The number of methoxy groups -OCH3 is 1. The molecule has 0 saturated carbocycles. The molecule has 0 radical (unpaired) electrons. The van der Waals surface area contributed by atoms with Gasteiger partial charge in [0.25, 0.3) is 0 Å². The number of nitrogens with one attached hydrogen (secondary N) is 1. The Labute approximate surface area is 126 Å². The first-order valence-electron chi connectivity index (χ1n) is 7.36. The molecule has 1 amide bonds. The van der Waals surface area contributed by atoms with Crippen molar-refractivity contribution in [2.45, 2.75) is 39.7 Å². The number of amides is 1. The van der Waals surface area contributed by atoms with Crippen LogP contribution >= 0.6 is 0 Å². The van der Waals surface area contributed by atoms with E-state index < -0.39 is 0 Å². The minimum absolute atomic E-state index is 0.0239. The van der Waals surface area contributed by atoms with Gasteiger partial charge in [0.15, 0.2) is 11.5 Å². The van der Waals surface area contributed by atoms with Crippen molar-refractivity contribution in [3.8, 4) is 11.5 Å². The number of phenolic OH excluding ortho intramolecular Hbond substituents is 1. The Bertz CT molecular complexity index is 483. The summed E-state index contributed by atoms with van der Waals surface area (Å²) in [6.45, 7) is 4.74. The molecule has 1 unspecified atom stereocenters. The van der Waals surface area contributed by atoms with Crippen LogP contribution in [-0.2, 0) is 11.3 Å². The number of carbonyl (C=O) groups is 1. The smallest absolute Gasteiger partial charge is 0.220 e. The van der Waals surface area contributed by atoms with Crippen LogP contribution in [0.1, 0.15) is 38.7 Å². The molecule has 0 aliphatic carbocycles. The third-order valence-corrected chi connectivity index (χ3v) is 3.38. The SMILES string of the molecule is CCC(C)/C=C/CCC(=O)NCc1ccc(O)c(OC)c1. The van der Waals surface area contributed by atoms with Gasteiger partial charge in [0.1, 0.15) is 0 Å². The van der Waals surface area contributed by atoms with Crippen LogP contribution in [0.2, 0.25) is 0 Å². The minimum atomic E-state index is 0.0239. The van der Waals surface area contributed by atoms with Gasteiger partial charge >= 0.3 is 0 Å². The summed E-state index contributed by atoms with van der Waals surface area (Å²) in [6, 6.07) is 5.05. The average molecular weight is 291 g/mol. The zero-order valence-electron chi connectivity index (χ0n) is 13.1. The lowest BCUT2D eigenvalue weighted by atomic mass is 10.1. The first-order valence-corrected chi connectivity index (χ1v) is 7.36. The van der Waals surface area contributed by atoms with Crippen LogP contribution in [0.4, 0.5) is 0 Å². The third kappa shape index (κ3) is 6.34. The van der Waals surface area contributed by atoms with Crippen LogP contribution in [0.3, 0.4) is 0 Å². The fourth-order valence-electron chi connectivity index (χ4n) is 1.80. The third-order valence-electron chi connectivity index (χ3n) is 3.38. The highest BCUT2D eigenvalue weighted by Gasteiger charge is 2.04. The zero-order chi connectivity index (χ0) is 15.7. The Hall–Kier alpha value is -1.97. The maximum Gasteiger partial charge on any atom is 0.220 e. The van der Waals surface area contributed by atoms with Crippen LogP contribution in [-0.4, -0.2) is 18.1 Å². The summed E-state index contributed by atoms with van der Waals surface area (Å²) < 4.78 is 5.03. The van der Waals surface area contributed by atoms with Crippen molar-refractivity contribution >= 4 is 5.91 Å². The minimum Gasteiger partial charge on any atom is -0.504 e. The van der Waals surface area contributed by atoms with Crippen molar-refractivity contribution in [1.29, 1.82) is 0 Å². The monoisotopic (exact) mass is 291 g/mol. The molecule has 0 aromatic heterocycles. The van der Waals surface area contributed by atoms with Gasteiger partial charge in [-0.1, -0.05) is 38.5 Å². The highest BCUT2D eigenvalue weighted by atomic mass is 16.5. The molecular formula is C17H25NO3. The summed E-state index contributed by atoms with van der Waals surface area (Å²) >= 11 is 0. The van der Waals surface area contributed by atoms with Crippen molar-refractivity contribution in [2.24, 2.45) is 5.92 Å². The number of benzene rings is 1.